The second kappa shape index (κ2) is 6.30. The fraction of sp³-hybridized carbons (Fsp3) is 0.273. The number of carbonyl (C=O) groups is 2. The molecule has 0 heterocycles. The van der Waals surface area contributed by atoms with E-state index in [0.29, 0.717) is 6.29 Å². The summed E-state index contributed by atoms with van der Waals surface area (Å²) >= 11 is 5.70. The normalized spacial score (nSPS) is 10.3. The van der Waals surface area contributed by atoms with E-state index in [2.05, 4.69) is 9.47 Å². The Morgan fingerprint density at radius 1 is 1.50 bits per heavy atom. The third kappa shape index (κ3) is 3.40. The van der Waals surface area contributed by atoms with Gasteiger partial charge < -0.3 is 9.47 Å². The average molecular weight is 279 g/mol. The molecule has 0 N–H and O–H groups in total. The maximum absolute atomic E-state index is 12.1. The standard InChI is InChI=1S/C11H9ClF2O4/c1-2-17-10(16)7-3-6(18-11(13)14)4-9(12)8(7)5-15/h3-5,11H,2H2,1H3. The summed E-state index contributed by atoms with van der Waals surface area (Å²) in [5.74, 6) is -1.15. The fourth-order valence-electron chi connectivity index (χ4n) is 1.26. The first-order valence-electron chi connectivity index (χ1n) is 4.90. The molecular formula is C11H9ClF2O4. The topological polar surface area (TPSA) is 52.6 Å². The molecule has 7 heteroatoms. The van der Waals surface area contributed by atoms with E-state index in [1.54, 1.807) is 6.92 Å². The number of alkyl halides is 2. The molecule has 18 heavy (non-hydrogen) atoms. The van der Waals surface area contributed by atoms with Gasteiger partial charge >= 0.3 is 12.6 Å². The summed E-state index contributed by atoms with van der Waals surface area (Å²) in [5.41, 5.74) is -0.341. The van der Waals surface area contributed by atoms with Crippen LogP contribution in [0, 0.1) is 0 Å². The quantitative estimate of drug-likeness (QED) is 0.614. The zero-order chi connectivity index (χ0) is 13.7. The number of benzene rings is 1. The van der Waals surface area contributed by atoms with Crippen LogP contribution in [0.15, 0.2) is 12.1 Å². The van der Waals surface area contributed by atoms with Crippen molar-refractivity contribution in [1.82, 2.24) is 0 Å². The van der Waals surface area contributed by atoms with Gasteiger partial charge in [0.15, 0.2) is 6.29 Å². The average Bonchev–Trinajstić information content (AvgIpc) is 2.27. The summed E-state index contributed by atoms with van der Waals surface area (Å²) in [5, 5.41) is -0.161. The molecule has 0 aliphatic rings. The van der Waals surface area contributed by atoms with Gasteiger partial charge in [-0.2, -0.15) is 8.78 Å². The van der Waals surface area contributed by atoms with Gasteiger partial charge in [0, 0.05) is 5.56 Å². The SMILES string of the molecule is CCOC(=O)c1cc(OC(F)F)cc(Cl)c1C=O. The van der Waals surface area contributed by atoms with Crippen LogP contribution >= 0.6 is 11.6 Å². The minimum atomic E-state index is -3.06. The lowest BCUT2D eigenvalue weighted by atomic mass is 10.1. The van der Waals surface area contributed by atoms with Crippen LogP contribution in [0.3, 0.4) is 0 Å². The summed E-state index contributed by atoms with van der Waals surface area (Å²) in [6, 6.07) is 2.01. The van der Waals surface area contributed by atoms with Crippen LogP contribution in [0.2, 0.25) is 5.02 Å². The van der Waals surface area contributed by atoms with Gasteiger partial charge in [0.1, 0.15) is 5.75 Å². The zero-order valence-corrected chi connectivity index (χ0v) is 10.0. The van der Waals surface area contributed by atoms with Crippen molar-refractivity contribution in [2.24, 2.45) is 0 Å². The first-order valence-corrected chi connectivity index (χ1v) is 5.28. The third-order valence-electron chi connectivity index (χ3n) is 1.94. The number of hydrogen-bond acceptors (Lipinski definition) is 4. The molecular weight excluding hydrogens is 270 g/mol. The van der Waals surface area contributed by atoms with Gasteiger partial charge in [-0.05, 0) is 19.1 Å². The van der Waals surface area contributed by atoms with Crippen molar-refractivity contribution in [2.75, 3.05) is 6.61 Å². The molecule has 0 atom stereocenters. The minimum Gasteiger partial charge on any atom is -0.462 e. The minimum absolute atomic E-state index is 0.0781. The molecule has 0 aromatic heterocycles. The molecule has 0 bridgehead atoms. The molecule has 0 saturated carbocycles. The summed E-state index contributed by atoms with van der Waals surface area (Å²) in [6.45, 7) is -1.41. The van der Waals surface area contributed by atoms with Crippen molar-refractivity contribution >= 4 is 23.9 Å². The van der Waals surface area contributed by atoms with Gasteiger partial charge in [0.2, 0.25) is 0 Å². The summed E-state index contributed by atoms with van der Waals surface area (Å²) < 4.78 is 32.9. The number of carbonyl (C=O) groups excluding carboxylic acids is 2. The maximum Gasteiger partial charge on any atom is 0.387 e. The highest BCUT2D eigenvalue weighted by atomic mass is 35.5. The number of halogens is 3. The highest BCUT2D eigenvalue weighted by molar-refractivity contribution is 6.33. The number of ether oxygens (including phenoxy) is 2. The third-order valence-corrected chi connectivity index (χ3v) is 2.25. The molecule has 1 aromatic carbocycles. The number of hydrogen-bond donors (Lipinski definition) is 0. The first kappa shape index (κ1) is 14.4. The van der Waals surface area contributed by atoms with E-state index >= 15 is 0 Å². The van der Waals surface area contributed by atoms with Crippen molar-refractivity contribution < 1.29 is 27.8 Å². The fourth-order valence-corrected chi connectivity index (χ4v) is 1.52. The van der Waals surface area contributed by atoms with Gasteiger partial charge in [-0.3, -0.25) is 4.79 Å². The van der Waals surface area contributed by atoms with E-state index in [4.69, 9.17) is 11.6 Å². The highest BCUT2D eigenvalue weighted by Gasteiger charge is 2.18. The number of rotatable bonds is 5. The number of esters is 1. The second-order valence-electron chi connectivity index (χ2n) is 3.08. The predicted molar refractivity (Wildman–Crippen MR) is 59.4 cm³/mol. The van der Waals surface area contributed by atoms with Crippen molar-refractivity contribution in [1.29, 1.82) is 0 Å². The largest absolute Gasteiger partial charge is 0.462 e. The van der Waals surface area contributed by atoms with Crippen LogP contribution < -0.4 is 4.74 Å². The van der Waals surface area contributed by atoms with E-state index in [1.807, 2.05) is 0 Å². The van der Waals surface area contributed by atoms with E-state index in [1.165, 1.54) is 0 Å². The van der Waals surface area contributed by atoms with Gasteiger partial charge in [-0.15, -0.1) is 0 Å². The highest BCUT2D eigenvalue weighted by Crippen LogP contribution is 2.27. The monoisotopic (exact) mass is 278 g/mol. The van der Waals surface area contributed by atoms with E-state index in [-0.39, 0.29) is 28.5 Å². The van der Waals surface area contributed by atoms with Crippen LogP contribution in [0.25, 0.3) is 0 Å². The summed E-state index contributed by atoms with van der Waals surface area (Å²) in [7, 11) is 0. The Morgan fingerprint density at radius 2 is 2.17 bits per heavy atom. The van der Waals surface area contributed by atoms with E-state index in [0.717, 1.165) is 12.1 Å². The van der Waals surface area contributed by atoms with Gasteiger partial charge in [0.25, 0.3) is 0 Å². The molecule has 1 aromatic rings. The van der Waals surface area contributed by atoms with E-state index < -0.39 is 12.6 Å². The van der Waals surface area contributed by atoms with Crippen LogP contribution in [-0.4, -0.2) is 25.5 Å². The smallest absolute Gasteiger partial charge is 0.387 e. The Hall–Kier alpha value is -1.69. The maximum atomic E-state index is 12.1. The van der Waals surface area contributed by atoms with Crippen molar-refractivity contribution in [3.05, 3.63) is 28.3 Å². The Bertz CT molecular complexity index is 463. The molecule has 0 radical (unpaired) electrons. The van der Waals surface area contributed by atoms with Crippen LogP contribution in [0.4, 0.5) is 8.78 Å². The Labute approximate surface area is 106 Å². The Balaban J connectivity index is 3.23. The molecule has 0 fully saturated rings. The van der Waals surface area contributed by atoms with Crippen molar-refractivity contribution in [3.8, 4) is 5.75 Å². The molecule has 4 nitrogen and oxygen atoms in total. The van der Waals surface area contributed by atoms with Gasteiger partial charge in [-0.25, -0.2) is 4.79 Å². The van der Waals surface area contributed by atoms with Crippen LogP contribution in [-0.2, 0) is 4.74 Å². The predicted octanol–water partition coefficient (Wildman–Crippen LogP) is 2.93. The van der Waals surface area contributed by atoms with Gasteiger partial charge in [0.05, 0.1) is 17.2 Å². The molecule has 0 amide bonds. The molecule has 0 aliphatic heterocycles. The van der Waals surface area contributed by atoms with E-state index in [9.17, 15) is 18.4 Å². The molecule has 0 unspecified atom stereocenters. The Kier molecular flexibility index (Phi) is 5.03. The first-order chi connectivity index (χ1) is 8.49. The summed E-state index contributed by atoms with van der Waals surface area (Å²) in [6.07, 6.45) is 0.348. The van der Waals surface area contributed by atoms with Crippen LogP contribution in [0.5, 0.6) is 5.75 Å². The molecule has 0 saturated heterocycles. The summed E-state index contributed by atoms with van der Waals surface area (Å²) in [4.78, 5) is 22.3. The van der Waals surface area contributed by atoms with Crippen LogP contribution in [0.1, 0.15) is 27.6 Å². The van der Waals surface area contributed by atoms with Crippen molar-refractivity contribution in [2.45, 2.75) is 13.5 Å². The van der Waals surface area contributed by atoms with Crippen molar-refractivity contribution in [3.63, 3.8) is 0 Å². The lowest BCUT2D eigenvalue weighted by Crippen LogP contribution is -2.10. The molecule has 1 rings (SSSR count). The lowest BCUT2D eigenvalue weighted by molar-refractivity contribution is -0.0499. The molecule has 98 valence electrons. The molecule has 0 aliphatic carbocycles. The van der Waals surface area contributed by atoms with Gasteiger partial charge in [-0.1, -0.05) is 11.6 Å². The lowest BCUT2D eigenvalue weighted by Gasteiger charge is -2.10. The second-order valence-corrected chi connectivity index (χ2v) is 3.49. The Morgan fingerprint density at radius 3 is 2.67 bits per heavy atom. The molecule has 0 spiro atoms. The zero-order valence-electron chi connectivity index (χ0n) is 9.28. The number of aldehydes is 1.